The number of ether oxygens (including phenoxy) is 3. The van der Waals surface area contributed by atoms with Crippen LogP contribution in [-0.2, 0) is 9.53 Å². The highest BCUT2D eigenvalue weighted by Crippen LogP contribution is 2.29. The molecule has 0 unspecified atom stereocenters. The third-order valence-electron chi connectivity index (χ3n) is 4.93. The molecule has 0 saturated carbocycles. The van der Waals surface area contributed by atoms with Crippen LogP contribution in [0.1, 0.15) is 10.4 Å². The summed E-state index contributed by atoms with van der Waals surface area (Å²) in [6, 6.07) is 17.5. The van der Waals surface area contributed by atoms with E-state index >= 15 is 0 Å². The van der Waals surface area contributed by atoms with Crippen molar-refractivity contribution in [1.29, 1.82) is 0 Å². The quantitative estimate of drug-likeness (QED) is 0.429. The van der Waals surface area contributed by atoms with Crippen molar-refractivity contribution < 1.29 is 23.8 Å². The lowest BCUT2D eigenvalue weighted by Gasteiger charge is -2.12. The number of anilines is 1. The van der Waals surface area contributed by atoms with Gasteiger partial charge in [-0.2, -0.15) is 0 Å². The van der Waals surface area contributed by atoms with E-state index in [1.165, 1.54) is 14.2 Å². The Hall–Kier alpha value is -4.46. The lowest BCUT2D eigenvalue weighted by atomic mass is 10.0. The zero-order valence-corrected chi connectivity index (χ0v) is 18.1. The minimum absolute atomic E-state index is 0.319. The van der Waals surface area contributed by atoms with Crippen molar-refractivity contribution in [2.24, 2.45) is 0 Å². The summed E-state index contributed by atoms with van der Waals surface area (Å²) in [6.45, 7) is -0.472. The maximum Gasteiger partial charge on any atom is 0.339 e. The molecule has 166 valence electrons. The molecule has 33 heavy (non-hydrogen) atoms. The van der Waals surface area contributed by atoms with Gasteiger partial charge in [0.2, 0.25) is 0 Å². The molecule has 4 aromatic rings. The second-order valence-corrected chi connectivity index (χ2v) is 7.00. The van der Waals surface area contributed by atoms with Gasteiger partial charge in [0.25, 0.3) is 5.91 Å². The predicted molar refractivity (Wildman–Crippen MR) is 123 cm³/mol. The van der Waals surface area contributed by atoms with Crippen molar-refractivity contribution in [2.75, 3.05) is 26.1 Å². The molecule has 0 spiro atoms. The Bertz CT molecular complexity index is 1310. The number of pyridine rings is 2. The van der Waals surface area contributed by atoms with Crippen LogP contribution in [0.15, 0.2) is 73.1 Å². The molecule has 0 aliphatic heterocycles. The number of esters is 1. The molecule has 2 heterocycles. The number of nitrogens with zero attached hydrogens (tertiary/aromatic N) is 2. The number of para-hydroxylation sites is 1. The highest BCUT2D eigenvalue weighted by atomic mass is 16.5. The normalized spacial score (nSPS) is 10.5. The molecular weight excluding hydrogens is 422 g/mol. The first-order valence-corrected chi connectivity index (χ1v) is 10.1. The second-order valence-electron chi connectivity index (χ2n) is 7.00. The first-order valence-electron chi connectivity index (χ1n) is 10.1. The monoisotopic (exact) mass is 443 g/mol. The molecule has 1 amide bonds. The Balaban J connectivity index is 1.54. The summed E-state index contributed by atoms with van der Waals surface area (Å²) >= 11 is 0. The minimum Gasteiger partial charge on any atom is -0.497 e. The number of hydrogen-bond acceptors (Lipinski definition) is 7. The second kappa shape index (κ2) is 9.78. The average Bonchev–Trinajstić information content (AvgIpc) is 2.87. The molecule has 0 radical (unpaired) electrons. The first kappa shape index (κ1) is 21.8. The van der Waals surface area contributed by atoms with E-state index in [-0.39, 0.29) is 0 Å². The Morgan fingerprint density at radius 1 is 0.939 bits per heavy atom. The van der Waals surface area contributed by atoms with Gasteiger partial charge >= 0.3 is 5.97 Å². The Morgan fingerprint density at radius 2 is 1.73 bits per heavy atom. The molecule has 8 heteroatoms. The maximum atomic E-state index is 12.9. The number of benzene rings is 2. The number of aromatic nitrogens is 2. The smallest absolute Gasteiger partial charge is 0.339 e. The number of carbonyl (C=O) groups is 2. The number of carbonyl (C=O) groups excluding carboxylic acids is 2. The van der Waals surface area contributed by atoms with E-state index < -0.39 is 18.5 Å². The summed E-state index contributed by atoms with van der Waals surface area (Å²) in [4.78, 5) is 34.1. The first-order chi connectivity index (χ1) is 16.1. The van der Waals surface area contributed by atoms with Gasteiger partial charge < -0.3 is 19.5 Å². The van der Waals surface area contributed by atoms with Gasteiger partial charge in [-0.3, -0.25) is 9.78 Å². The number of hydrogen-bond donors (Lipinski definition) is 1. The highest BCUT2D eigenvalue weighted by molar-refractivity contribution is 6.05. The number of amides is 1. The van der Waals surface area contributed by atoms with Crippen molar-refractivity contribution in [2.45, 2.75) is 0 Å². The van der Waals surface area contributed by atoms with E-state index in [9.17, 15) is 9.59 Å². The molecular formula is C25H21N3O5. The summed E-state index contributed by atoms with van der Waals surface area (Å²) < 4.78 is 15.8. The minimum atomic E-state index is -0.628. The lowest BCUT2D eigenvalue weighted by molar-refractivity contribution is -0.119. The maximum absolute atomic E-state index is 12.9. The van der Waals surface area contributed by atoms with Crippen molar-refractivity contribution in [3.63, 3.8) is 0 Å². The fourth-order valence-electron chi connectivity index (χ4n) is 3.32. The van der Waals surface area contributed by atoms with Crippen LogP contribution in [0.4, 0.5) is 5.69 Å². The van der Waals surface area contributed by atoms with Crippen molar-refractivity contribution in [3.05, 3.63) is 78.6 Å². The number of fused-ring (bicyclic) bond motifs is 1. The van der Waals surface area contributed by atoms with Gasteiger partial charge in [-0.05, 0) is 36.4 Å². The fraction of sp³-hybridized carbons (Fsp3) is 0.120. The summed E-state index contributed by atoms with van der Waals surface area (Å²) in [7, 11) is 3.01. The average molecular weight is 443 g/mol. The molecule has 0 aliphatic rings. The van der Waals surface area contributed by atoms with E-state index in [2.05, 4.69) is 15.3 Å². The van der Waals surface area contributed by atoms with Crippen LogP contribution in [0.2, 0.25) is 0 Å². The number of rotatable bonds is 7. The third kappa shape index (κ3) is 4.90. The van der Waals surface area contributed by atoms with Crippen molar-refractivity contribution in [1.82, 2.24) is 9.97 Å². The Morgan fingerprint density at radius 3 is 2.48 bits per heavy atom. The molecule has 2 aromatic carbocycles. The summed E-state index contributed by atoms with van der Waals surface area (Å²) in [5, 5.41) is 3.31. The summed E-state index contributed by atoms with van der Waals surface area (Å²) in [5.41, 5.74) is 2.79. The zero-order valence-electron chi connectivity index (χ0n) is 18.1. The van der Waals surface area contributed by atoms with Crippen LogP contribution in [0, 0.1) is 0 Å². The van der Waals surface area contributed by atoms with Crippen LogP contribution < -0.4 is 14.8 Å². The predicted octanol–water partition coefficient (Wildman–Crippen LogP) is 4.11. The van der Waals surface area contributed by atoms with Gasteiger partial charge in [0.05, 0.1) is 36.7 Å². The largest absolute Gasteiger partial charge is 0.497 e. The van der Waals surface area contributed by atoms with E-state index in [1.54, 1.807) is 54.9 Å². The van der Waals surface area contributed by atoms with Crippen LogP contribution in [0.3, 0.4) is 0 Å². The Kier molecular flexibility index (Phi) is 6.45. The molecule has 4 rings (SSSR count). The molecule has 0 saturated heterocycles. The van der Waals surface area contributed by atoms with E-state index in [1.807, 2.05) is 18.2 Å². The summed E-state index contributed by atoms with van der Waals surface area (Å²) in [5.74, 6) is -0.133. The van der Waals surface area contributed by atoms with Gasteiger partial charge in [-0.25, -0.2) is 9.78 Å². The van der Waals surface area contributed by atoms with Gasteiger partial charge in [0.1, 0.15) is 11.5 Å². The van der Waals surface area contributed by atoms with Gasteiger partial charge in [-0.15, -0.1) is 0 Å². The van der Waals surface area contributed by atoms with Gasteiger partial charge in [0.15, 0.2) is 6.61 Å². The van der Waals surface area contributed by atoms with Gasteiger partial charge in [-0.1, -0.05) is 18.2 Å². The molecule has 8 nitrogen and oxygen atoms in total. The molecule has 0 bridgehead atoms. The van der Waals surface area contributed by atoms with E-state index in [0.717, 1.165) is 5.56 Å². The highest BCUT2D eigenvalue weighted by Gasteiger charge is 2.17. The third-order valence-corrected chi connectivity index (χ3v) is 4.93. The molecule has 2 aromatic heterocycles. The van der Waals surface area contributed by atoms with Crippen LogP contribution in [0.25, 0.3) is 22.2 Å². The number of methoxy groups -OCH3 is 2. The summed E-state index contributed by atoms with van der Waals surface area (Å²) in [6.07, 6.45) is 3.31. The van der Waals surface area contributed by atoms with Crippen molar-refractivity contribution in [3.8, 4) is 22.8 Å². The van der Waals surface area contributed by atoms with Crippen LogP contribution in [-0.4, -0.2) is 42.7 Å². The van der Waals surface area contributed by atoms with Crippen LogP contribution >= 0.6 is 0 Å². The zero-order chi connectivity index (χ0) is 23.2. The molecule has 1 N–H and O–H groups in total. The van der Waals surface area contributed by atoms with E-state index in [0.29, 0.717) is 39.3 Å². The topological polar surface area (TPSA) is 99.6 Å². The SMILES string of the molecule is COc1ccc(OC)c(NC(=O)COC(=O)c2cc(-c3ccncc3)nc3ccccc23)c1. The van der Waals surface area contributed by atoms with Crippen LogP contribution in [0.5, 0.6) is 11.5 Å². The van der Waals surface area contributed by atoms with E-state index in [4.69, 9.17) is 14.2 Å². The molecule has 0 fully saturated rings. The Labute approximate surface area is 190 Å². The standard InChI is InChI=1S/C25H21N3O5/c1-31-17-7-8-23(32-2)22(13-17)28-24(29)15-33-25(30)19-14-21(16-9-11-26-12-10-16)27-20-6-4-3-5-18(19)20/h3-14H,15H2,1-2H3,(H,28,29). The van der Waals surface area contributed by atoms with Crippen molar-refractivity contribution >= 4 is 28.5 Å². The van der Waals surface area contributed by atoms with Gasteiger partial charge in [0, 0.05) is 29.4 Å². The lowest BCUT2D eigenvalue weighted by Crippen LogP contribution is -2.21. The molecule has 0 aliphatic carbocycles. The fourth-order valence-corrected chi connectivity index (χ4v) is 3.32. The molecule has 0 atom stereocenters. The number of nitrogens with one attached hydrogen (secondary N) is 1.